The Hall–Kier alpha value is -1.88. The van der Waals surface area contributed by atoms with Crippen LogP contribution in [0.25, 0.3) is 0 Å². The first kappa shape index (κ1) is 19.2. The Labute approximate surface area is 138 Å². The van der Waals surface area contributed by atoms with Gasteiger partial charge in [0.05, 0.1) is 5.41 Å². The van der Waals surface area contributed by atoms with Crippen LogP contribution in [0.1, 0.15) is 32.8 Å². The van der Waals surface area contributed by atoms with E-state index in [0.717, 1.165) is 12.0 Å². The normalized spacial score (nSPS) is 13.4. The zero-order valence-corrected chi connectivity index (χ0v) is 14.3. The molecule has 0 aliphatic rings. The number of nitrogens with one attached hydrogen (secondary N) is 1. The molecular weight excluding hydrogens is 292 g/mol. The summed E-state index contributed by atoms with van der Waals surface area (Å²) in [5.41, 5.74) is 6.17. The van der Waals surface area contributed by atoms with Crippen LogP contribution in [0.5, 0.6) is 0 Å². The van der Waals surface area contributed by atoms with Gasteiger partial charge in [-0.3, -0.25) is 9.59 Å². The molecule has 23 heavy (non-hydrogen) atoms. The number of hydrogen-bond acceptors (Lipinski definition) is 4. The lowest BCUT2D eigenvalue weighted by atomic mass is 9.79. The van der Waals surface area contributed by atoms with Crippen LogP contribution >= 0.6 is 0 Å². The SMILES string of the molecule is CC(=O)OCC(CN)(CC(C)C)C(=O)NCCc1ccccc1. The third-order valence-electron chi connectivity index (χ3n) is 3.77. The van der Waals surface area contributed by atoms with E-state index in [0.29, 0.717) is 13.0 Å². The van der Waals surface area contributed by atoms with Crippen molar-refractivity contribution in [2.24, 2.45) is 17.1 Å². The van der Waals surface area contributed by atoms with Gasteiger partial charge in [0, 0.05) is 20.0 Å². The van der Waals surface area contributed by atoms with E-state index in [1.165, 1.54) is 6.92 Å². The molecule has 0 saturated carbocycles. The molecule has 1 rings (SSSR count). The summed E-state index contributed by atoms with van der Waals surface area (Å²) in [6.07, 6.45) is 1.33. The van der Waals surface area contributed by atoms with E-state index in [9.17, 15) is 9.59 Å². The van der Waals surface area contributed by atoms with Gasteiger partial charge in [-0.1, -0.05) is 44.2 Å². The molecular formula is C18H28N2O3. The van der Waals surface area contributed by atoms with Crippen molar-refractivity contribution in [1.29, 1.82) is 0 Å². The Bertz CT molecular complexity index is 502. The number of nitrogens with two attached hydrogens (primary N) is 1. The number of amides is 1. The standard InChI is InChI=1S/C18H28N2O3/c1-14(2)11-18(12-19,13-23-15(3)21)17(22)20-10-9-16-7-5-4-6-8-16/h4-8,14H,9-13,19H2,1-3H3,(H,20,22). The van der Waals surface area contributed by atoms with E-state index in [2.05, 4.69) is 5.32 Å². The van der Waals surface area contributed by atoms with E-state index in [4.69, 9.17) is 10.5 Å². The van der Waals surface area contributed by atoms with Gasteiger partial charge in [-0.05, 0) is 24.3 Å². The monoisotopic (exact) mass is 320 g/mol. The Balaban J connectivity index is 2.67. The first-order valence-electron chi connectivity index (χ1n) is 8.05. The van der Waals surface area contributed by atoms with Crippen LogP contribution in [0.3, 0.4) is 0 Å². The summed E-state index contributed by atoms with van der Waals surface area (Å²) < 4.78 is 5.11. The maximum Gasteiger partial charge on any atom is 0.302 e. The zero-order valence-electron chi connectivity index (χ0n) is 14.3. The molecule has 1 unspecified atom stereocenters. The lowest BCUT2D eigenvalue weighted by Gasteiger charge is -2.32. The zero-order chi connectivity index (χ0) is 17.3. The molecule has 1 amide bonds. The summed E-state index contributed by atoms with van der Waals surface area (Å²) in [6, 6.07) is 9.95. The largest absolute Gasteiger partial charge is 0.465 e. The molecule has 0 spiro atoms. The minimum atomic E-state index is -0.865. The van der Waals surface area contributed by atoms with Crippen LogP contribution in [0.15, 0.2) is 30.3 Å². The van der Waals surface area contributed by atoms with Crippen molar-refractivity contribution in [2.45, 2.75) is 33.6 Å². The van der Waals surface area contributed by atoms with Crippen LogP contribution in [-0.4, -0.2) is 31.6 Å². The van der Waals surface area contributed by atoms with Gasteiger partial charge in [-0.2, -0.15) is 0 Å². The van der Waals surface area contributed by atoms with Gasteiger partial charge >= 0.3 is 5.97 Å². The van der Waals surface area contributed by atoms with E-state index in [1.54, 1.807) is 0 Å². The number of ether oxygens (including phenoxy) is 1. The summed E-state index contributed by atoms with van der Waals surface area (Å²) in [4.78, 5) is 23.8. The van der Waals surface area contributed by atoms with Crippen LogP contribution in [0.2, 0.25) is 0 Å². The summed E-state index contributed by atoms with van der Waals surface area (Å²) in [6.45, 7) is 6.08. The molecule has 1 atom stereocenters. The van der Waals surface area contributed by atoms with Crippen LogP contribution in [0, 0.1) is 11.3 Å². The van der Waals surface area contributed by atoms with Crippen molar-refractivity contribution in [3.05, 3.63) is 35.9 Å². The highest BCUT2D eigenvalue weighted by Gasteiger charge is 2.38. The lowest BCUT2D eigenvalue weighted by Crippen LogP contribution is -2.50. The second-order valence-electron chi connectivity index (χ2n) is 6.35. The highest BCUT2D eigenvalue weighted by atomic mass is 16.5. The predicted molar refractivity (Wildman–Crippen MR) is 90.7 cm³/mol. The van der Waals surface area contributed by atoms with Gasteiger partial charge < -0.3 is 15.8 Å². The van der Waals surface area contributed by atoms with Crippen LogP contribution in [0.4, 0.5) is 0 Å². The number of hydrogen-bond donors (Lipinski definition) is 2. The quantitative estimate of drug-likeness (QED) is 0.681. The summed E-state index contributed by atoms with van der Waals surface area (Å²) in [5, 5.41) is 2.94. The highest BCUT2D eigenvalue weighted by Crippen LogP contribution is 2.26. The van der Waals surface area contributed by atoms with Crippen LogP contribution < -0.4 is 11.1 Å². The molecule has 0 aliphatic carbocycles. The van der Waals surface area contributed by atoms with Crippen molar-refractivity contribution >= 4 is 11.9 Å². The third kappa shape index (κ3) is 6.40. The molecule has 3 N–H and O–H groups in total. The first-order valence-corrected chi connectivity index (χ1v) is 8.05. The van der Waals surface area contributed by atoms with E-state index >= 15 is 0 Å². The Morgan fingerprint density at radius 1 is 1.26 bits per heavy atom. The minimum absolute atomic E-state index is 0.0220. The van der Waals surface area contributed by atoms with Crippen molar-refractivity contribution in [3.8, 4) is 0 Å². The molecule has 0 saturated heterocycles. The second kappa shape index (κ2) is 9.30. The van der Waals surface area contributed by atoms with Gasteiger partial charge in [0.1, 0.15) is 6.61 Å². The van der Waals surface area contributed by atoms with Gasteiger partial charge in [-0.15, -0.1) is 0 Å². The van der Waals surface area contributed by atoms with Gasteiger partial charge in [0.2, 0.25) is 5.91 Å². The highest BCUT2D eigenvalue weighted by molar-refractivity contribution is 5.83. The summed E-state index contributed by atoms with van der Waals surface area (Å²) in [7, 11) is 0. The maximum absolute atomic E-state index is 12.7. The fourth-order valence-electron chi connectivity index (χ4n) is 2.63. The summed E-state index contributed by atoms with van der Waals surface area (Å²) in [5.74, 6) is -0.275. The van der Waals surface area contributed by atoms with Crippen molar-refractivity contribution in [1.82, 2.24) is 5.32 Å². The molecule has 0 bridgehead atoms. The number of benzene rings is 1. The maximum atomic E-state index is 12.7. The number of carbonyl (C=O) groups excluding carboxylic acids is 2. The molecule has 0 radical (unpaired) electrons. The fraction of sp³-hybridized carbons (Fsp3) is 0.556. The average Bonchev–Trinajstić information content (AvgIpc) is 2.52. The number of carbonyl (C=O) groups is 2. The average molecular weight is 320 g/mol. The van der Waals surface area contributed by atoms with E-state index < -0.39 is 11.4 Å². The molecule has 0 aromatic heterocycles. The van der Waals surface area contributed by atoms with E-state index in [-0.39, 0.29) is 25.0 Å². The Morgan fingerprint density at radius 2 is 1.91 bits per heavy atom. The molecule has 0 fully saturated rings. The predicted octanol–water partition coefficient (Wildman–Crippen LogP) is 1.90. The van der Waals surface area contributed by atoms with Crippen LogP contribution in [-0.2, 0) is 20.7 Å². The fourth-order valence-corrected chi connectivity index (χ4v) is 2.63. The molecule has 5 nitrogen and oxygen atoms in total. The van der Waals surface area contributed by atoms with Gasteiger partial charge in [0.15, 0.2) is 0 Å². The molecule has 0 aliphatic heterocycles. The van der Waals surface area contributed by atoms with Gasteiger partial charge in [0.25, 0.3) is 0 Å². The van der Waals surface area contributed by atoms with E-state index in [1.807, 2.05) is 44.2 Å². The number of rotatable bonds is 9. The van der Waals surface area contributed by atoms with Crippen molar-refractivity contribution in [2.75, 3.05) is 19.7 Å². The summed E-state index contributed by atoms with van der Waals surface area (Å²) >= 11 is 0. The molecule has 1 aromatic rings. The Morgan fingerprint density at radius 3 is 2.43 bits per heavy atom. The number of esters is 1. The first-order chi connectivity index (χ1) is 10.9. The minimum Gasteiger partial charge on any atom is -0.465 e. The molecule has 128 valence electrons. The van der Waals surface area contributed by atoms with Crippen molar-refractivity contribution in [3.63, 3.8) is 0 Å². The van der Waals surface area contributed by atoms with Gasteiger partial charge in [-0.25, -0.2) is 0 Å². The Kier molecular flexibility index (Phi) is 7.75. The second-order valence-corrected chi connectivity index (χ2v) is 6.35. The molecule has 5 heteroatoms. The lowest BCUT2D eigenvalue weighted by molar-refractivity contribution is -0.149. The third-order valence-corrected chi connectivity index (χ3v) is 3.77. The van der Waals surface area contributed by atoms with Crippen molar-refractivity contribution < 1.29 is 14.3 Å². The molecule has 1 aromatic carbocycles. The smallest absolute Gasteiger partial charge is 0.302 e. The topological polar surface area (TPSA) is 81.4 Å². The molecule has 0 heterocycles.